The van der Waals surface area contributed by atoms with Crippen molar-refractivity contribution in [1.29, 1.82) is 0 Å². The highest BCUT2D eigenvalue weighted by Crippen LogP contribution is 2.36. The lowest BCUT2D eigenvalue weighted by atomic mass is 9.81. The molecule has 2 aromatic rings. The Bertz CT molecular complexity index is 982. The first-order valence-corrected chi connectivity index (χ1v) is 13.1. The first-order chi connectivity index (χ1) is 16.7. The fraction of sp³-hybridized carbons (Fsp3) is 0.500. The first kappa shape index (κ1) is 27.1. The molecule has 35 heavy (non-hydrogen) atoms. The van der Waals surface area contributed by atoms with Crippen LogP contribution in [0.2, 0.25) is 0 Å². The largest absolute Gasteiger partial charge is 0.495 e. The molecule has 190 valence electrons. The average molecular weight is 546 g/mol. The summed E-state index contributed by atoms with van der Waals surface area (Å²) in [6, 6.07) is 16.0. The number of methoxy groups -OCH3 is 1. The first-order valence-electron chi connectivity index (χ1n) is 12.3. The van der Waals surface area contributed by atoms with E-state index in [-0.39, 0.29) is 17.9 Å². The number of ether oxygens (including phenoxy) is 2. The minimum Gasteiger partial charge on any atom is -0.495 e. The molecule has 0 aliphatic heterocycles. The molecule has 6 nitrogen and oxygen atoms in total. The zero-order valence-electron chi connectivity index (χ0n) is 21.2. The molecule has 3 rings (SSSR count). The maximum absolute atomic E-state index is 13.8. The van der Waals surface area contributed by atoms with E-state index in [2.05, 4.69) is 33.4 Å². The molecule has 0 unspecified atom stereocenters. The van der Waals surface area contributed by atoms with E-state index in [0.717, 1.165) is 42.3 Å². The topological polar surface area (TPSA) is 67.9 Å². The lowest BCUT2D eigenvalue weighted by Gasteiger charge is -2.33. The lowest BCUT2D eigenvalue weighted by Crippen LogP contribution is -2.41. The van der Waals surface area contributed by atoms with Crippen LogP contribution in [0.25, 0.3) is 0 Å². The molecule has 0 saturated heterocycles. The number of hydrogen-bond donors (Lipinski definition) is 1. The van der Waals surface area contributed by atoms with E-state index in [9.17, 15) is 9.59 Å². The third-order valence-electron chi connectivity index (χ3n) is 6.29. The predicted molar refractivity (Wildman–Crippen MR) is 143 cm³/mol. The van der Waals surface area contributed by atoms with Gasteiger partial charge in [0.1, 0.15) is 11.4 Å². The van der Waals surface area contributed by atoms with E-state index in [1.165, 1.54) is 5.56 Å². The third kappa shape index (κ3) is 8.27. The van der Waals surface area contributed by atoms with Crippen molar-refractivity contribution >= 4 is 33.6 Å². The number of rotatable bonds is 8. The zero-order chi connectivity index (χ0) is 25.4. The molecular formula is C28H37BrN2O4. The fourth-order valence-corrected chi connectivity index (χ4v) is 4.83. The highest BCUT2D eigenvalue weighted by atomic mass is 79.9. The van der Waals surface area contributed by atoms with Crippen LogP contribution >= 0.6 is 15.9 Å². The summed E-state index contributed by atoms with van der Waals surface area (Å²) < 4.78 is 11.9. The van der Waals surface area contributed by atoms with Crippen molar-refractivity contribution in [2.75, 3.05) is 25.1 Å². The normalized spacial score (nSPS) is 18.0. The van der Waals surface area contributed by atoms with Crippen LogP contribution in [-0.4, -0.2) is 37.8 Å². The van der Waals surface area contributed by atoms with Gasteiger partial charge in [-0.15, -0.1) is 0 Å². The molecule has 1 aliphatic carbocycles. The van der Waals surface area contributed by atoms with E-state index in [1.54, 1.807) is 7.11 Å². The maximum Gasteiger partial charge on any atom is 0.407 e. The third-order valence-corrected chi connectivity index (χ3v) is 6.79. The Hall–Kier alpha value is -2.54. The van der Waals surface area contributed by atoms with Crippen LogP contribution < -0.4 is 15.0 Å². The molecule has 2 amide bonds. The minimum absolute atomic E-state index is 0.0489. The minimum atomic E-state index is -0.509. The molecule has 1 fully saturated rings. The smallest absolute Gasteiger partial charge is 0.407 e. The van der Waals surface area contributed by atoms with Gasteiger partial charge in [0.15, 0.2) is 0 Å². The SMILES string of the molecule is COc1ccc(Br)cc1N(CCc1ccccc1)C(=O)C1CCC(CNC(=O)OC(C)(C)C)CC1. The number of alkyl carbamates (subject to hydrolysis) is 1. The number of benzene rings is 2. The van der Waals surface area contributed by atoms with E-state index in [1.807, 2.05) is 62.1 Å². The van der Waals surface area contributed by atoms with Gasteiger partial charge in [-0.05, 0) is 82.6 Å². The van der Waals surface area contributed by atoms with Gasteiger partial charge in [0.25, 0.3) is 0 Å². The summed E-state index contributed by atoms with van der Waals surface area (Å²) in [5.41, 5.74) is 1.47. The van der Waals surface area contributed by atoms with Gasteiger partial charge in [0.2, 0.25) is 5.91 Å². The molecule has 0 radical (unpaired) electrons. The van der Waals surface area contributed by atoms with Crippen LogP contribution in [-0.2, 0) is 16.0 Å². The zero-order valence-corrected chi connectivity index (χ0v) is 22.8. The van der Waals surface area contributed by atoms with Crippen LogP contribution in [0.5, 0.6) is 5.75 Å². The Morgan fingerprint density at radius 3 is 2.37 bits per heavy atom. The van der Waals surface area contributed by atoms with Crippen LogP contribution in [0, 0.1) is 11.8 Å². The summed E-state index contributed by atoms with van der Waals surface area (Å²) in [5.74, 6) is 1.12. The molecular weight excluding hydrogens is 508 g/mol. The van der Waals surface area contributed by atoms with E-state index in [4.69, 9.17) is 9.47 Å². The van der Waals surface area contributed by atoms with Crippen LogP contribution in [0.1, 0.15) is 52.0 Å². The molecule has 1 aliphatic rings. The van der Waals surface area contributed by atoms with Gasteiger partial charge in [-0.2, -0.15) is 0 Å². The summed E-state index contributed by atoms with van der Waals surface area (Å²) in [5, 5.41) is 2.88. The van der Waals surface area contributed by atoms with Crippen LogP contribution in [0.3, 0.4) is 0 Å². The van der Waals surface area contributed by atoms with Gasteiger partial charge < -0.3 is 19.7 Å². The molecule has 0 heterocycles. The van der Waals surface area contributed by atoms with Gasteiger partial charge in [0.05, 0.1) is 12.8 Å². The molecule has 1 saturated carbocycles. The summed E-state index contributed by atoms with van der Waals surface area (Å²) in [4.78, 5) is 27.7. The Morgan fingerprint density at radius 1 is 1.06 bits per heavy atom. The molecule has 7 heteroatoms. The number of halogens is 1. The maximum atomic E-state index is 13.8. The molecule has 1 N–H and O–H groups in total. The Kier molecular flexibility index (Phi) is 9.61. The lowest BCUT2D eigenvalue weighted by molar-refractivity contribution is -0.123. The Morgan fingerprint density at radius 2 is 1.74 bits per heavy atom. The Balaban J connectivity index is 1.66. The predicted octanol–water partition coefficient (Wildman–Crippen LogP) is 6.36. The summed E-state index contributed by atoms with van der Waals surface area (Å²) in [6.07, 6.45) is 3.78. The summed E-state index contributed by atoms with van der Waals surface area (Å²) in [6.45, 7) is 6.72. The second-order valence-electron chi connectivity index (χ2n) is 10.1. The van der Waals surface area contributed by atoms with Crippen molar-refractivity contribution in [2.45, 2.75) is 58.5 Å². The molecule has 2 aromatic carbocycles. The van der Waals surface area contributed by atoms with Crippen LogP contribution in [0.15, 0.2) is 53.0 Å². The number of carbonyl (C=O) groups is 2. The quantitative estimate of drug-likeness (QED) is 0.419. The van der Waals surface area contributed by atoms with Gasteiger partial charge in [0, 0.05) is 23.5 Å². The second kappa shape index (κ2) is 12.4. The van der Waals surface area contributed by atoms with Crippen molar-refractivity contribution in [2.24, 2.45) is 11.8 Å². The number of amides is 2. The van der Waals surface area contributed by atoms with E-state index < -0.39 is 5.60 Å². The van der Waals surface area contributed by atoms with Crippen molar-refractivity contribution in [3.05, 3.63) is 58.6 Å². The van der Waals surface area contributed by atoms with Crippen LogP contribution in [0.4, 0.5) is 10.5 Å². The van der Waals surface area contributed by atoms with Crippen molar-refractivity contribution in [3.8, 4) is 5.75 Å². The molecule has 0 bridgehead atoms. The monoisotopic (exact) mass is 544 g/mol. The van der Waals surface area contributed by atoms with E-state index in [0.29, 0.717) is 24.8 Å². The number of carbonyl (C=O) groups excluding carboxylic acids is 2. The molecule has 0 atom stereocenters. The average Bonchev–Trinajstić information content (AvgIpc) is 2.83. The summed E-state index contributed by atoms with van der Waals surface area (Å²) in [7, 11) is 1.63. The number of anilines is 1. The second-order valence-corrected chi connectivity index (χ2v) is 11.1. The van der Waals surface area contributed by atoms with Crippen molar-refractivity contribution in [3.63, 3.8) is 0 Å². The number of nitrogens with zero attached hydrogens (tertiary/aromatic N) is 1. The molecule has 0 spiro atoms. The molecule has 0 aromatic heterocycles. The van der Waals surface area contributed by atoms with Gasteiger partial charge in [-0.1, -0.05) is 46.3 Å². The van der Waals surface area contributed by atoms with Crippen molar-refractivity contribution < 1.29 is 19.1 Å². The van der Waals surface area contributed by atoms with Gasteiger partial charge in [-0.3, -0.25) is 4.79 Å². The Labute approximate surface area is 217 Å². The van der Waals surface area contributed by atoms with Gasteiger partial charge >= 0.3 is 6.09 Å². The van der Waals surface area contributed by atoms with E-state index >= 15 is 0 Å². The van der Waals surface area contributed by atoms with Crippen molar-refractivity contribution in [1.82, 2.24) is 5.32 Å². The number of hydrogen-bond acceptors (Lipinski definition) is 4. The number of nitrogens with one attached hydrogen (secondary N) is 1. The fourth-order valence-electron chi connectivity index (χ4n) is 4.48. The highest BCUT2D eigenvalue weighted by molar-refractivity contribution is 9.10. The standard InChI is InChI=1S/C28H37BrN2O4/c1-28(2,3)35-27(33)30-19-21-10-12-22(13-11-21)26(32)31(17-16-20-8-6-5-7-9-20)24-18-23(29)14-15-25(24)34-4/h5-9,14-15,18,21-22H,10-13,16-17,19H2,1-4H3,(H,30,33). The summed E-state index contributed by atoms with van der Waals surface area (Å²) >= 11 is 3.55. The van der Waals surface area contributed by atoms with Gasteiger partial charge in [-0.25, -0.2) is 4.79 Å². The highest BCUT2D eigenvalue weighted by Gasteiger charge is 2.31.